The summed E-state index contributed by atoms with van der Waals surface area (Å²) in [6.45, 7) is 3.57. The van der Waals surface area contributed by atoms with E-state index in [0.717, 1.165) is 25.7 Å². The highest BCUT2D eigenvalue weighted by atomic mass is 16.2. The number of amides is 1. The van der Waals surface area contributed by atoms with Crippen molar-refractivity contribution in [2.24, 2.45) is 0 Å². The van der Waals surface area contributed by atoms with Gasteiger partial charge in [-0.05, 0) is 44.9 Å². The van der Waals surface area contributed by atoms with Gasteiger partial charge in [-0.25, -0.2) is 4.79 Å². The Morgan fingerprint density at radius 3 is 2.61 bits per heavy atom. The summed E-state index contributed by atoms with van der Waals surface area (Å²) in [5, 5.41) is 3.42. The molecule has 6 heteroatoms. The van der Waals surface area contributed by atoms with Crippen molar-refractivity contribution in [2.75, 3.05) is 0 Å². The molecule has 1 saturated carbocycles. The van der Waals surface area contributed by atoms with E-state index in [4.69, 9.17) is 0 Å². The first-order chi connectivity index (χ1) is 11.0. The molecule has 23 heavy (non-hydrogen) atoms. The number of benzene rings is 1. The van der Waals surface area contributed by atoms with Crippen LogP contribution >= 0.6 is 0 Å². The average molecular weight is 315 g/mol. The number of nitrogens with one attached hydrogen (secondary N) is 2. The summed E-state index contributed by atoms with van der Waals surface area (Å²) in [5.41, 5.74) is 0.0741. The van der Waals surface area contributed by atoms with Gasteiger partial charge in [0.05, 0.1) is 10.9 Å². The van der Waals surface area contributed by atoms with Crippen molar-refractivity contribution >= 4 is 16.8 Å². The molecule has 1 heterocycles. The molecule has 1 aromatic heterocycles. The van der Waals surface area contributed by atoms with Crippen molar-refractivity contribution < 1.29 is 4.79 Å². The molecule has 0 unspecified atom stereocenters. The van der Waals surface area contributed by atoms with E-state index in [1.54, 1.807) is 32.0 Å². The van der Waals surface area contributed by atoms with Gasteiger partial charge in [0.25, 0.3) is 11.5 Å². The third kappa shape index (κ3) is 2.93. The van der Waals surface area contributed by atoms with Crippen LogP contribution < -0.4 is 16.6 Å². The summed E-state index contributed by atoms with van der Waals surface area (Å²) < 4.78 is 1.18. The first-order valence-electron chi connectivity index (χ1n) is 8.07. The fraction of sp³-hybridized carbons (Fsp3) is 0.471. The minimum Gasteiger partial charge on any atom is -0.349 e. The maximum absolute atomic E-state index is 12.4. The maximum atomic E-state index is 12.4. The highest BCUT2D eigenvalue weighted by Gasteiger charge is 2.18. The highest BCUT2D eigenvalue weighted by molar-refractivity contribution is 5.97. The van der Waals surface area contributed by atoms with Crippen LogP contribution in [0.1, 0.15) is 55.9 Å². The van der Waals surface area contributed by atoms with E-state index in [2.05, 4.69) is 10.3 Å². The molecule has 1 aliphatic carbocycles. The zero-order chi connectivity index (χ0) is 16.6. The zero-order valence-corrected chi connectivity index (χ0v) is 13.4. The Bertz CT molecular complexity index is 857. The Morgan fingerprint density at radius 1 is 1.26 bits per heavy atom. The van der Waals surface area contributed by atoms with Crippen molar-refractivity contribution in [1.82, 2.24) is 14.9 Å². The minimum atomic E-state index is -0.453. The Morgan fingerprint density at radius 2 is 1.96 bits per heavy atom. The standard InChI is InChI=1S/C17H21N3O3/c1-10(2)20-16(22)13-8-7-11(9-14(13)19-17(20)23)15(21)18-12-5-3-4-6-12/h7-10,12H,3-6H2,1-2H3,(H,18,21)(H,19,23). The maximum Gasteiger partial charge on any atom is 0.329 e. The van der Waals surface area contributed by atoms with Crippen LogP contribution in [0.15, 0.2) is 27.8 Å². The van der Waals surface area contributed by atoms with Crippen LogP contribution in [0, 0.1) is 0 Å². The molecule has 0 spiro atoms. The SMILES string of the molecule is CC(C)n1c(=O)[nH]c2cc(C(=O)NC3CCCC3)ccc2c1=O. The van der Waals surface area contributed by atoms with Gasteiger partial charge in [0, 0.05) is 17.6 Å². The van der Waals surface area contributed by atoms with Gasteiger partial charge in [-0.1, -0.05) is 12.8 Å². The second-order valence-electron chi connectivity index (χ2n) is 6.41. The number of rotatable bonds is 3. The Balaban J connectivity index is 1.99. The van der Waals surface area contributed by atoms with Gasteiger partial charge in [-0.3, -0.25) is 14.2 Å². The number of carbonyl (C=O) groups excluding carboxylic acids is 1. The third-order valence-corrected chi connectivity index (χ3v) is 4.40. The largest absolute Gasteiger partial charge is 0.349 e. The molecule has 2 aromatic rings. The molecule has 1 aliphatic rings. The third-order valence-electron chi connectivity index (χ3n) is 4.40. The van der Waals surface area contributed by atoms with Gasteiger partial charge in [0.2, 0.25) is 0 Å². The van der Waals surface area contributed by atoms with E-state index in [-0.39, 0.29) is 23.6 Å². The van der Waals surface area contributed by atoms with E-state index in [1.165, 1.54) is 4.57 Å². The second-order valence-corrected chi connectivity index (χ2v) is 6.41. The number of nitrogens with zero attached hydrogens (tertiary/aromatic N) is 1. The van der Waals surface area contributed by atoms with Crippen molar-refractivity contribution in [3.8, 4) is 0 Å². The molecule has 1 amide bonds. The molecule has 0 radical (unpaired) electrons. The van der Waals surface area contributed by atoms with Gasteiger partial charge in [-0.2, -0.15) is 0 Å². The lowest BCUT2D eigenvalue weighted by Gasteiger charge is -2.13. The molecule has 0 saturated heterocycles. The van der Waals surface area contributed by atoms with Crippen LogP contribution in [-0.2, 0) is 0 Å². The lowest BCUT2D eigenvalue weighted by Crippen LogP contribution is -2.36. The molecule has 6 nitrogen and oxygen atoms in total. The van der Waals surface area contributed by atoms with Crippen molar-refractivity contribution in [3.63, 3.8) is 0 Å². The molecular formula is C17H21N3O3. The molecule has 122 valence electrons. The van der Waals surface area contributed by atoms with Gasteiger partial charge >= 0.3 is 5.69 Å². The summed E-state index contributed by atoms with van der Waals surface area (Å²) in [4.78, 5) is 39.5. The van der Waals surface area contributed by atoms with E-state index in [9.17, 15) is 14.4 Å². The fourth-order valence-electron chi connectivity index (χ4n) is 3.18. The smallest absolute Gasteiger partial charge is 0.329 e. The van der Waals surface area contributed by atoms with Crippen LogP contribution in [0.3, 0.4) is 0 Å². The lowest BCUT2D eigenvalue weighted by molar-refractivity contribution is 0.0938. The number of fused-ring (bicyclic) bond motifs is 1. The van der Waals surface area contributed by atoms with Gasteiger partial charge < -0.3 is 10.3 Å². The number of carbonyl (C=O) groups is 1. The molecule has 2 N–H and O–H groups in total. The molecule has 1 fully saturated rings. The van der Waals surface area contributed by atoms with E-state index < -0.39 is 5.69 Å². The number of hydrogen-bond donors (Lipinski definition) is 2. The van der Waals surface area contributed by atoms with Crippen LogP contribution in [0.25, 0.3) is 10.9 Å². The minimum absolute atomic E-state index is 0.160. The van der Waals surface area contributed by atoms with E-state index in [1.807, 2.05) is 0 Å². The summed E-state index contributed by atoms with van der Waals surface area (Å²) in [6, 6.07) is 4.83. The first kappa shape index (κ1) is 15.5. The summed E-state index contributed by atoms with van der Waals surface area (Å²) in [7, 11) is 0. The number of hydrogen-bond acceptors (Lipinski definition) is 3. The van der Waals surface area contributed by atoms with Crippen LogP contribution in [-0.4, -0.2) is 21.5 Å². The predicted molar refractivity (Wildman–Crippen MR) is 88.9 cm³/mol. The predicted octanol–water partition coefficient (Wildman–Crippen LogP) is 1.94. The Kier molecular flexibility index (Phi) is 4.07. The molecule has 0 atom stereocenters. The van der Waals surface area contributed by atoms with E-state index >= 15 is 0 Å². The average Bonchev–Trinajstić information content (AvgIpc) is 2.99. The van der Waals surface area contributed by atoms with Gasteiger partial charge in [0.1, 0.15) is 0 Å². The molecule has 1 aromatic carbocycles. The van der Waals surface area contributed by atoms with Gasteiger partial charge in [-0.15, -0.1) is 0 Å². The topological polar surface area (TPSA) is 84.0 Å². The Hall–Kier alpha value is -2.37. The molecule has 0 bridgehead atoms. The Labute approximate surface area is 133 Å². The van der Waals surface area contributed by atoms with Crippen LogP contribution in [0.5, 0.6) is 0 Å². The lowest BCUT2D eigenvalue weighted by atomic mass is 10.1. The number of aromatic amines is 1. The van der Waals surface area contributed by atoms with Crippen molar-refractivity contribution in [3.05, 3.63) is 44.6 Å². The molecular weight excluding hydrogens is 294 g/mol. The highest BCUT2D eigenvalue weighted by Crippen LogP contribution is 2.18. The zero-order valence-electron chi connectivity index (χ0n) is 13.4. The summed E-state index contributed by atoms with van der Waals surface area (Å²) in [5.74, 6) is -0.160. The normalized spacial score (nSPS) is 15.4. The van der Waals surface area contributed by atoms with Crippen molar-refractivity contribution in [2.45, 2.75) is 51.6 Å². The second kappa shape index (κ2) is 6.02. The fourth-order valence-corrected chi connectivity index (χ4v) is 3.18. The van der Waals surface area contributed by atoms with Gasteiger partial charge in [0.15, 0.2) is 0 Å². The monoisotopic (exact) mass is 315 g/mol. The number of H-pyrrole nitrogens is 1. The summed E-state index contributed by atoms with van der Waals surface area (Å²) >= 11 is 0. The number of aromatic nitrogens is 2. The first-order valence-corrected chi connectivity index (χ1v) is 8.07. The molecule has 0 aliphatic heterocycles. The quantitative estimate of drug-likeness (QED) is 0.908. The molecule has 3 rings (SSSR count). The van der Waals surface area contributed by atoms with Crippen LogP contribution in [0.2, 0.25) is 0 Å². The van der Waals surface area contributed by atoms with Crippen LogP contribution in [0.4, 0.5) is 0 Å². The van der Waals surface area contributed by atoms with Crippen molar-refractivity contribution in [1.29, 1.82) is 0 Å². The summed E-state index contributed by atoms with van der Waals surface area (Å²) in [6.07, 6.45) is 4.31. The van der Waals surface area contributed by atoms with E-state index in [0.29, 0.717) is 16.5 Å².